The van der Waals surface area contributed by atoms with Gasteiger partial charge in [0.2, 0.25) is 5.12 Å². The zero-order chi connectivity index (χ0) is 33.6. The molecule has 11 heteroatoms. The average Bonchev–Trinajstić information content (AvgIpc) is 3.57. The van der Waals surface area contributed by atoms with Gasteiger partial charge in [-0.25, -0.2) is 13.9 Å². The first-order chi connectivity index (χ1) is 22.5. The molecule has 0 spiro atoms. The molecular formula is C36H45FN2O6S2. The lowest BCUT2D eigenvalue weighted by Crippen LogP contribution is -2.62. The molecule has 1 aromatic heterocycles. The van der Waals surface area contributed by atoms with Crippen LogP contribution in [0.3, 0.4) is 0 Å². The molecule has 7 atom stereocenters. The number of carbonyl (C=O) groups is 3. The number of aliphatic hydroxyl groups excluding tert-OH is 1. The molecule has 4 aliphatic rings. The molecular weight excluding hydrogens is 640 g/mol. The summed E-state index contributed by atoms with van der Waals surface area (Å²) in [4.78, 5) is 39.2. The fourth-order valence-corrected chi connectivity index (χ4v) is 10.9. The molecule has 47 heavy (non-hydrogen) atoms. The van der Waals surface area contributed by atoms with E-state index in [0.717, 1.165) is 42.0 Å². The summed E-state index contributed by atoms with van der Waals surface area (Å²) in [6.07, 6.45) is 10.5. The van der Waals surface area contributed by atoms with Crippen LogP contribution in [0.15, 0.2) is 36.0 Å². The van der Waals surface area contributed by atoms with Crippen molar-refractivity contribution in [1.29, 1.82) is 0 Å². The SMILES string of the molecule is COCC(=O)O[C@]1(C(=O)SCF)CC[C@H]2[C@@H]3CCC4=Cc5c(cnn5-c5cccc(C(=O)CCCSC)c5)C[C@]4(C)[C@H]3[C@@H](O)C[C@@]21C. The minimum Gasteiger partial charge on any atom is -0.448 e. The Labute approximate surface area is 284 Å². The van der Waals surface area contributed by atoms with Crippen molar-refractivity contribution in [3.63, 3.8) is 0 Å². The first-order valence-electron chi connectivity index (χ1n) is 16.6. The van der Waals surface area contributed by atoms with Crippen LogP contribution in [0.1, 0.15) is 80.4 Å². The summed E-state index contributed by atoms with van der Waals surface area (Å²) in [5, 5.41) is 16.4. The van der Waals surface area contributed by atoms with E-state index >= 15 is 0 Å². The molecule has 1 aromatic carbocycles. The Morgan fingerprint density at radius 2 is 2.02 bits per heavy atom. The normalized spacial score (nSPS) is 32.4. The number of hydrogen-bond acceptors (Lipinski definition) is 9. The Balaban J connectivity index is 1.29. The van der Waals surface area contributed by atoms with E-state index in [1.165, 1.54) is 12.7 Å². The molecule has 0 unspecified atom stereocenters. The largest absolute Gasteiger partial charge is 0.448 e. The predicted octanol–water partition coefficient (Wildman–Crippen LogP) is 6.47. The van der Waals surface area contributed by atoms with E-state index in [-0.39, 0.29) is 42.0 Å². The number of benzene rings is 1. The number of esters is 1. The molecule has 4 aliphatic carbocycles. The van der Waals surface area contributed by atoms with Gasteiger partial charge in [-0.2, -0.15) is 16.9 Å². The van der Waals surface area contributed by atoms with Crippen LogP contribution in [0, 0.1) is 28.6 Å². The summed E-state index contributed by atoms with van der Waals surface area (Å²) in [6.45, 7) is 3.91. The quantitative estimate of drug-likeness (QED) is 0.162. The third kappa shape index (κ3) is 5.72. The van der Waals surface area contributed by atoms with E-state index in [2.05, 4.69) is 13.0 Å². The number of rotatable bonds is 11. The number of methoxy groups -OCH3 is 1. The number of nitrogens with zero attached hydrogens (tertiary/aromatic N) is 2. The molecule has 0 aliphatic heterocycles. The number of aliphatic hydroxyl groups is 1. The van der Waals surface area contributed by atoms with Crippen molar-refractivity contribution in [2.24, 2.45) is 28.6 Å². The molecule has 1 heterocycles. The molecule has 3 fully saturated rings. The van der Waals surface area contributed by atoms with Gasteiger partial charge >= 0.3 is 5.97 Å². The third-order valence-electron chi connectivity index (χ3n) is 11.8. The summed E-state index contributed by atoms with van der Waals surface area (Å²) < 4.78 is 26.4. The van der Waals surface area contributed by atoms with E-state index in [1.54, 1.807) is 11.8 Å². The fraction of sp³-hybridized carbons (Fsp3) is 0.611. The monoisotopic (exact) mass is 684 g/mol. The summed E-state index contributed by atoms with van der Waals surface area (Å²) >= 11 is 2.29. The van der Waals surface area contributed by atoms with Crippen LogP contribution in [0.2, 0.25) is 0 Å². The Morgan fingerprint density at radius 3 is 2.77 bits per heavy atom. The first-order valence-corrected chi connectivity index (χ1v) is 18.9. The predicted molar refractivity (Wildman–Crippen MR) is 182 cm³/mol. The maximum atomic E-state index is 13.6. The zero-order valence-electron chi connectivity index (χ0n) is 27.6. The number of fused-ring (bicyclic) bond motifs is 6. The van der Waals surface area contributed by atoms with Crippen molar-refractivity contribution >= 4 is 46.5 Å². The molecule has 8 nitrogen and oxygen atoms in total. The minimum atomic E-state index is -1.52. The number of aromatic nitrogens is 2. The number of ketones is 1. The summed E-state index contributed by atoms with van der Waals surface area (Å²) in [5.74, 6) is 0.506. The van der Waals surface area contributed by atoms with Gasteiger partial charge in [0.1, 0.15) is 12.6 Å². The van der Waals surface area contributed by atoms with Gasteiger partial charge in [0.05, 0.1) is 23.7 Å². The number of thioether (sulfide) groups is 2. The Kier molecular flexibility index (Phi) is 9.84. The summed E-state index contributed by atoms with van der Waals surface area (Å²) in [6, 6.07) is 6.79. The molecule has 0 amide bonds. The number of hydrogen-bond donors (Lipinski definition) is 1. The van der Waals surface area contributed by atoms with Gasteiger partial charge in [-0.15, -0.1) is 0 Å². The van der Waals surface area contributed by atoms with E-state index in [0.29, 0.717) is 43.0 Å². The van der Waals surface area contributed by atoms with Gasteiger partial charge in [0.15, 0.2) is 11.4 Å². The van der Waals surface area contributed by atoms with Gasteiger partial charge in [-0.1, -0.05) is 31.6 Å². The first kappa shape index (κ1) is 34.4. The lowest BCUT2D eigenvalue weighted by atomic mass is 9.45. The van der Waals surface area contributed by atoms with Gasteiger partial charge in [0.25, 0.3) is 0 Å². The van der Waals surface area contributed by atoms with Crippen molar-refractivity contribution in [2.75, 3.05) is 31.7 Å². The molecule has 0 bridgehead atoms. The van der Waals surface area contributed by atoms with E-state index < -0.39 is 34.2 Å². The number of carbonyl (C=O) groups excluding carboxylic acids is 3. The molecule has 3 saturated carbocycles. The Hall–Kier alpha value is -2.47. The molecule has 6 rings (SSSR count). The highest BCUT2D eigenvalue weighted by molar-refractivity contribution is 8.13. The van der Waals surface area contributed by atoms with Crippen molar-refractivity contribution in [2.45, 2.75) is 76.9 Å². The maximum Gasteiger partial charge on any atom is 0.333 e. The maximum absolute atomic E-state index is 13.6. The summed E-state index contributed by atoms with van der Waals surface area (Å²) in [5.41, 5.74) is 2.25. The Morgan fingerprint density at radius 1 is 1.21 bits per heavy atom. The zero-order valence-corrected chi connectivity index (χ0v) is 29.3. The molecule has 0 saturated heterocycles. The standard InChI is InChI=1S/C36H45FN2O6S2/c1-34-17-23-19-38-39(25-8-5-7-22(15-25)29(40)9-6-14-46-4)28(23)16-24(34)10-11-26-27-12-13-36(33(43)47-21-37,45-31(42)20-44-3)35(27,2)18-30(41)32(26)34/h5,7-8,15-16,19,26-27,30,32,41H,6,9-14,17-18,20-21H2,1-4H3/t26-,27-,30-,32+,34-,35-,36-/m0/s1. The molecule has 2 aromatic rings. The second kappa shape index (κ2) is 13.4. The molecule has 254 valence electrons. The third-order valence-corrected chi connectivity index (χ3v) is 13.2. The van der Waals surface area contributed by atoms with Crippen molar-refractivity contribution in [3.8, 4) is 5.69 Å². The number of halogens is 1. The van der Waals surface area contributed by atoms with Crippen LogP contribution in [0.25, 0.3) is 11.8 Å². The van der Waals surface area contributed by atoms with Crippen LogP contribution in [0.4, 0.5) is 4.39 Å². The second-order valence-corrected chi connectivity index (χ2v) is 16.0. The average molecular weight is 685 g/mol. The van der Waals surface area contributed by atoms with Gasteiger partial charge in [-0.05, 0) is 116 Å². The van der Waals surface area contributed by atoms with E-state index in [4.69, 9.17) is 14.6 Å². The van der Waals surface area contributed by atoms with Crippen molar-refractivity contribution in [3.05, 3.63) is 52.9 Å². The van der Waals surface area contributed by atoms with E-state index in [9.17, 15) is 23.9 Å². The van der Waals surface area contributed by atoms with Crippen LogP contribution >= 0.6 is 23.5 Å². The van der Waals surface area contributed by atoms with E-state index in [1.807, 2.05) is 48.3 Å². The highest BCUT2D eigenvalue weighted by Crippen LogP contribution is 2.68. The number of alkyl halides is 1. The van der Waals surface area contributed by atoms with Crippen LogP contribution < -0.4 is 0 Å². The highest BCUT2D eigenvalue weighted by Gasteiger charge is 2.70. The number of Topliss-reactive ketones (excluding diaryl/α,β-unsaturated/α-hetero) is 1. The van der Waals surface area contributed by atoms with Crippen molar-refractivity contribution in [1.82, 2.24) is 9.78 Å². The fourth-order valence-electron chi connectivity index (χ4n) is 9.76. The lowest BCUT2D eigenvalue weighted by Gasteiger charge is -2.60. The smallest absolute Gasteiger partial charge is 0.333 e. The Bertz CT molecular complexity index is 1580. The van der Waals surface area contributed by atoms with Gasteiger partial charge in [-0.3, -0.25) is 9.59 Å². The highest BCUT2D eigenvalue weighted by atomic mass is 32.2. The van der Waals surface area contributed by atoms with Crippen LogP contribution in [0.5, 0.6) is 0 Å². The summed E-state index contributed by atoms with van der Waals surface area (Å²) in [7, 11) is 1.39. The second-order valence-electron chi connectivity index (χ2n) is 14.1. The number of ether oxygens (including phenoxy) is 2. The van der Waals surface area contributed by atoms with Gasteiger partial charge in [0, 0.05) is 24.5 Å². The van der Waals surface area contributed by atoms with Gasteiger partial charge < -0.3 is 14.6 Å². The molecule has 1 N–H and O–H groups in total. The molecule has 0 radical (unpaired) electrons. The van der Waals surface area contributed by atoms with Crippen LogP contribution in [-0.2, 0) is 25.5 Å². The number of allylic oxidation sites excluding steroid dienone is 1. The van der Waals surface area contributed by atoms with Crippen molar-refractivity contribution < 1.29 is 33.4 Å². The topological polar surface area (TPSA) is 108 Å². The minimum absolute atomic E-state index is 0.0223. The van der Waals surface area contributed by atoms with Crippen LogP contribution in [-0.4, -0.2) is 75.2 Å². The lowest BCUT2D eigenvalue weighted by molar-refractivity contribution is -0.198.